The van der Waals surface area contributed by atoms with Crippen molar-refractivity contribution in [2.24, 2.45) is 5.73 Å². The minimum Gasteiger partial charge on any atom is -0.381 e. The van der Waals surface area contributed by atoms with Gasteiger partial charge in [-0.15, -0.1) is 0 Å². The molecule has 1 fully saturated rings. The Morgan fingerprint density at radius 3 is 2.80 bits per heavy atom. The number of carbonyl (C=O) groups is 1. The third-order valence-electron chi connectivity index (χ3n) is 3.61. The molecule has 0 radical (unpaired) electrons. The van der Waals surface area contributed by atoms with Gasteiger partial charge in [0.15, 0.2) is 0 Å². The van der Waals surface area contributed by atoms with Gasteiger partial charge in [-0.25, -0.2) is 0 Å². The molecule has 1 saturated heterocycles. The van der Waals surface area contributed by atoms with Gasteiger partial charge in [-0.1, -0.05) is 11.6 Å². The highest BCUT2D eigenvalue weighted by molar-refractivity contribution is 6.34. The van der Waals surface area contributed by atoms with Crippen LogP contribution >= 0.6 is 11.6 Å². The Morgan fingerprint density at radius 1 is 1.55 bits per heavy atom. The van der Waals surface area contributed by atoms with E-state index >= 15 is 0 Å². The highest BCUT2D eigenvalue weighted by Gasteiger charge is 2.39. The molecular weight excluding hydrogens is 280 g/mol. The van der Waals surface area contributed by atoms with Gasteiger partial charge in [-0.05, 0) is 26.9 Å². The number of aromatic nitrogens is 2. The molecule has 0 aromatic carbocycles. The number of halogens is 1. The Balaban J connectivity index is 2.22. The molecule has 0 saturated carbocycles. The largest absolute Gasteiger partial charge is 0.381 e. The van der Waals surface area contributed by atoms with Crippen molar-refractivity contribution in [3.05, 3.63) is 16.9 Å². The zero-order valence-corrected chi connectivity index (χ0v) is 12.7. The van der Waals surface area contributed by atoms with Gasteiger partial charge in [0.25, 0.3) is 0 Å². The van der Waals surface area contributed by atoms with Crippen LogP contribution in [0.4, 0.5) is 0 Å². The van der Waals surface area contributed by atoms with Crippen molar-refractivity contribution >= 4 is 17.4 Å². The summed E-state index contributed by atoms with van der Waals surface area (Å²) in [5, 5.41) is 4.55. The molecule has 20 heavy (non-hydrogen) atoms. The van der Waals surface area contributed by atoms with Crippen LogP contribution in [0.3, 0.4) is 0 Å². The van der Waals surface area contributed by atoms with Crippen molar-refractivity contribution in [3.63, 3.8) is 0 Å². The van der Waals surface area contributed by atoms with Crippen LogP contribution in [0, 0.1) is 0 Å². The first-order valence-electron chi connectivity index (χ1n) is 6.71. The fourth-order valence-corrected chi connectivity index (χ4v) is 2.48. The molecule has 0 aliphatic carbocycles. The molecule has 6 nitrogen and oxygen atoms in total. The molecule has 1 aliphatic rings. The normalized spacial score (nSPS) is 18.4. The number of Topliss-reactive ketones (excluding diaryl/α,β-unsaturated/α-hetero) is 1. The Bertz CT molecular complexity index is 481. The Morgan fingerprint density at radius 2 is 2.20 bits per heavy atom. The van der Waals surface area contributed by atoms with Gasteiger partial charge in [0.2, 0.25) is 5.78 Å². The van der Waals surface area contributed by atoms with E-state index in [1.54, 1.807) is 4.68 Å². The number of hydrogen-bond donors (Lipinski definition) is 1. The lowest BCUT2D eigenvalue weighted by Crippen LogP contribution is -2.52. The van der Waals surface area contributed by atoms with E-state index in [1.165, 1.54) is 6.20 Å². The maximum Gasteiger partial charge on any atom is 0.202 e. The summed E-state index contributed by atoms with van der Waals surface area (Å²) in [6.45, 7) is 2.39. The molecule has 112 valence electrons. The summed E-state index contributed by atoms with van der Waals surface area (Å²) in [5.74, 6) is -0.137. The second-order valence-corrected chi connectivity index (χ2v) is 5.87. The number of ketones is 1. The lowest BCUT2D eigenvalue weighted by atomic mass is 9.85. The minimum absolute atomic E-state index is 0.137. The summed E-state index contributed by atoms with van der Waals surface area (Å²) < 4.78 is 6.93. The zero-order chi connectivity index (χ0) is 14.8. The lowest BCUT2D eigenvalue weighted by Gasteiger charge is -2.31. The van der Waals surface area contributed by atoms with Gasteiger partial charge >= 0.3 is 0 Å². The van der Waals surface area contributed by atoms with Crippen LogP contribution in [-0.2, 0) is 11.3 Å². The van der Waals surface area contributed by atoms with E-state index in [4.69, 9.17) is 22.1 Å². The first kappa shape index (κ1) is 15.4. The first-order valence-corrected chi connectivity index (χ1v) is 7.09. The molecule has 7 heteroatoms. The number of nitrogens with two attached hydrogens (primary N) is 1. The SMILES string of the molecule is CN(C)CCn1ncc(Cl)c1C(=O)C1(N)CCOCC1. The second-order valence-electron chi connectivity index (χ2n) is 5.47. The summed E-state index contributed by atoms with van der Waals surface area (Å²) in [6, 6.07) is 0. The van der Waals surface area contributed by atoms with E-state index in [9.17, 15) is 4.79 Å². The summed E-state index contributed by atoms with van der Waals surface area (Å²) in [7, 11) is 3.94. The molecule has 2 heterocycles. The van der Waals surface area contributed by atoms with Crippen molar-refractivity contribution in [1.82, 2.24) is 14.7 Å². The van der Waals surface area contributed by atoms with Crippen LogP contribution in [0.25, 0.3) is 0 Å². The summed E-state index contributed by atoms with van der Waals surface area (Å²) in [4.78, 5) is 14.8. The number of rotatable bonds is 5. The van der Waals surface area contributed by atoms with Crippen molar-refractivity contribution < 1.29 is 9.53 Å². The van der Waals surface area contributed by atoms with E-state index in [1.807, 2.05) is 19.0 Å². The molecule has 2 rings (SSSR count). The average Bonchev–Trinajstić information content (AvgIpc) is 2.77. The van der Waals surface area contributed by atoms with Crippen LogP contribution in [0.5, 0.6) is 0 Å². The van der Waals surface area contributed by atoms with Crippen LogP contribution in [-0.4, -0.2) is 59.9 Å². The van der Waals surface area contributed by atoms with Crippen LogP contribution in [0.15, 0.2) is 6.20 Å². The van der Waals surface area contributed by atoms with Crippen molar-refractivity contribution in [2.75, 3.05) is 33.9 Å². The molecule has 0 unspecified atom stereocenters. The molecule has 1 aliphatic heterocycles. The Hall–Kier alpha value is -0.950. The average molecular weight is 301 g/mol. The van der Waals surface area contributed by atoms with Crippen molar-refractivity contribution in [3.8, 4) is 0 Å². The topological polar surface area (TPSA) is 73.4 Å². The summed E-state index contributed by atoms with van der Waals surface area (Å²) in [6.07, 6.45) is 2.54. The van der Waals surface area contributed by atoms with Gasteiger partial charge < -0.3 is 15.4 Å². The number of nitrogens with zero attached hydrogens (tertiary/aromatic N) is 3. The van der Waals surface area contributed by atoms with Gasteiger partial charge in [0.1, 0.15) is 5.69 Å². The van der Waals surface area contributed by atoms with E-state index in [2.05, 4.69) is 5.10 Å². The fourth-order valence-electron chi connectivity index (χ4n) is 2.25. The maximum absolute atomic E-state index is 12.7. The fraction of sp³-hybridized carbons (Fsp3) is 0.692. The molecule has 1 aromatic heterocycles. The lowest BCUT2D eigenvalue weighted by molar-refractivity contribution is 0.0441. The molecule has 2 N–H and O–H groups in total. The van der Waals surface area contributed by atoms with Crippen LogP contribution in [0.2, 0.25) is 5.02 Å². The Kier molecular flexibility index (Phi) is 4.80. The molecular formula is C13H21ClN4O2. The first-order chi connectivity index (χ1) is 9.44. The highest BCUT2D eigenvalue weighted by Crippen LogP contribution is 2.26. The van der Waals surface area contributed by atoms with E-state index in [0.29, 0.717) is 43.3 Å². The predicted molar refractivity (Wildman–Crippen MR) is 77.1 cm³/mol. The summed E-state index contributed by atoms with van der Waals surface area (Å²) >= 11 is 6.13. The molecule has 0 spiro atoms. The third kappa shape index (κ3) is 3.20. The van der Waals surface area contributed by atoms with Crippen molar-refractivity contribution in [1.29, 1.82) is 0 Å². The zero-order valence-electron chi connectivity index (χ0n) is 11.9. The molecule has 0 bridgehead atoms. The van der Waals surface area contributed by atoms with E-state index < -0.39 is 5.54 Å². The monoisotopic (exact) mass is 300 g/mol. The predicted octanol–water partition coefficient (Wildman–Crippen LogP) is 0.789. The van der Waals surface area contributed by atoms with Gasteiger partial charge in [-0.2, -0.15) is 5.10 Å². The number of likely N-dealkylation sites (N-methyl/N-ethyl adjacent to an activating group) is 1. The maximum atomic E-state index is 12.7. The molecule has 0 atom stereocenters. The highest BCUT2D eigenvalue weighted by atomic mass is 35.5. The van der Waals surface area contributed by atoms with E-state index in [0.717, 1.165) is 6.54 Å². The molecule has 1 aromatic rings. The quantitative estimate of drug-likeness (QED) is 0.814. The standard InChI is InChI=1S/C13H21ClN4O2/c1-17(2)5-6-18-11(10(14)9-16-18)12(19)13(15)3-7-20-8-4-13/h9H,3-8,15H2,1-2H3. The van der Waals surface area contributed by atoms with Gasteiger partial charge in [0.05, 0.1) is 23.3 Å². The van der Waals surface area contributed by atoms with Gasteiger partial charge in [0, 0.05) is 19.8 Å². The minimum atomic E-state index is -0.891. The number of ether oxygens (including phenoxy) is 1. The van der Waals surface area contributed by atoms with Crippen molar-refractivity contribution in [2.45, 2.75) is 24.9 Å². The van der Waals surface area contributed by atoms with Crippen LogP contribution < -0.4 is 5.73 Å². The Labute approximate surface area is 123 Å². The number of carbonyl (C=O) groups excluding carboxylic acids is 1. The number of hydrogen-bond acceptors (Lipinski definition) is 5. The van der Waals surface area contributed by atoms with Crippen LogP contribution in [0.1, 0.15) is 23.3 Å². The summed E-state index contributed by atoms with van der Waals surface area (Å²) in [5.41, 5.74) is 5.77. The van der Waals surface area contributed by atoms with E-state index in [-0.39, 0.29) is 5.78 Å². The second kappa shape index (κ2) is 6.22. The third-order valence-corrected chi connectivity index (χ3v) is 3.88. The smallest absolute Gasteiger partial charge is 0.202 e. The van der Waals surface area contributed by atoms with Gasteiger partial charge in [-0.3, -0.25) is 9.48 Å². The molecule has 0 amide bonds.